The second kappa shape index (κ2) is 7.02. The molecule has 0 saturated carbocycles. The van der Waals surface area contributed by atoms with Crippen LogP contribution in [0.1, 0.15) is 26.3 Å². The van der Waals surface area contributed by atoms with Crippen molar-refractivity contribution in [2.75, 3.05) is 0 Å². The predicted octanol–water partition coefficient (Wildman–Crippen LogP) is 7.06. The topological polar surface area (TPSA) is 33.1 Å². The van der Waals surface area contributed by atoms with Crippen LogP contribution in [0, 0.1) is 11.2 Å². The highest BCUT2D eigenvalue weighted by Gasteiger charge is 2.18. The third kappa shape index (κ3) is 3.52. The Morgan fingerprint density at radius 2 is 1.79 bits per heavy atom. The molecular weight excluding hydrogens is 369 g/mol. The monoisotopic (exact) mass is 391 g/mol. The molecule has 4 rings (SSSR count). The molecule has 0 amide bonds. The van der Waals surface area contributed by atoms with Gasteiger partial charge in [-0.3, -0.25) is 4.98 Å². The lowest BCUT2D eigenvalue weighted by molar-refractivity contribution is 0.411. The fourth-order valence-electron chi connectivity index (χ4n) is 3.53. The van der Waals surface area contributed by atoms with Crippen molar-refractivity contribution in [1.82, 2.24) is 4.98 Å². The lowest BCUT2D eigenvalue weighted by Crippen LogP contribution is -2.09. The summed E-state index contributed by atoms with van der Waals surface area (Å²) in [5.74, 6) is -0.253. The van der Waals surface area contributed by atoms with Gasteiger partial charge in [0.15, 0.2) is 0 Å². The van der Waals surface area contributed by atoms with Gasteiger partial charge in [0, 0.05) is 33.0 Å². The fraction of sp³-hybridized carbons (Fsp3) is 0.208. The van der Waals surface area contributed by atoms with E-state index < -0.39 is 0 Å². The van der Waals surface area contributed by atoms with E-state index in [-0.39, 0.29) is 17.0 Å². The van der Waals surface area contributed by atoms with Crippen molar-refractivity contribution in [1.29, 1.82) is 0 Å². The van der Waals surface area contributed by atoms with Gasteiger partial charge in [-0.15, -0.1) is 11.3 Å². The summed E-state index contributed by atoms with van der Waals surface area (Å²) in [7, 11) is 0. The van der Waals surface area contributed by atoms with Gasteiger partial charge in [0.05, 0.1) is 5.69 Å². The number of thiophene rings is 1. The molecule has 4 aromatic rings. The number of phenols is 1. The Balaban J connectivity index is 1.81. The minimum atomic E-state index is -0.368. The van der Waals surface area contributed by atoms with Crippen LogP contribution in [0.5, 0.6) is 5.75 Å². The number of hydrogen-bond donors (Lipinski definition) is 1. The van der Waals surface area contributed by atoms with Crippen LogP contribution in [-0.4, -0.2) is 10.1 Å². The first-order chi connectivity index (χ1) is 13.3. The number of phenolic OH excluding ortho intramolecular Hbond substituents is 1. The Hall–Kier alpha value is -2.72. The van der Waals surface area contributed by atoms with Gasteiger partial charge in [-0.1, -0.05) is 32.9 Å². The second-order valence-corrected chi connectivity index (χ2v) is 9.20. The molecule has 0 radical (unpaired) electrons. The molecule has 0 bridgehead atoms. The summed E-state index contributed by atoms with van der Waals surface area (Å²) in [5, 5.41) is 13.3. The molecule has 2 heterocycles. The normalized spacial score (nSPS) is 11.9. The van der Waals surface area contributed by atoms with Crippen LogP contribution < -0.4 is 0 Å². The molecule has 0 saturated heterocycles. The highest BCUT2D eigenvalue weighted by molar-refractivity contribution is 7.17. The van der Waals surface area contributed by atoms with Crippen molar-refractivity contribution in [3.8, 4) is 28.1 Å². The van der Waals surface area contributed by atoms with Gasteiger partial charge in [0.1, 0.15) is 11.6 Å². The highest BCUT2D eigenvalue weighted by atomic mass is 32.1. The third-order valence-electron chi connectivity index (χ3n) is 4.73. The van der Waals surface area contributed by atoms with E-state index >= 15 is 4.39 Å². The smallest absolute Gasteiger partial charge is 0.140 e. The fourth-order valence-corrected chi connectivity index (χ4v) is 4.32. The van der Waals surface area contributed by atoms with Crippen LogP contribution in [-0.2, 0) is 6.42 Å². The maximum Gasteiger partial charge on any atom is 0.140 e. The minimum absolute atomic E-state index is 0.115. The van der Waals surface area contributed by atoms with Gasteiger partial charge in [0.25, 0.3) is 0 Å². The molecule has 4 heteroatoms. The molecule has 0 unspecified atom stereocenters. The summed E-state index contributed by atoms with van der Waals surface area (Å²) in [5.41, 5.74) is 3.20. The van der Waals surface area contributed by atoms with Gasteiger partial charge < -0.3 is 5.11 Å². The third-order valence-corrected chi connectivity index (χ3v) is 5.61. The van der Waals surface area contributed by atoms with Gasteiger partial charge in [-0.25, -0.2) is 4.39 Å². The van der Waals surface area contributed by atoms with Crippen LogP contribution in [0.3, 0.4) is 0 Å². The zero-order valence-electron chi connectivity index (χ0n) is 16.2. The van der Waals surface area contributed by atoms with Gasteiger partial charge in [-0.2, -0.15) is 0 Å². The van der Waals surface area contributed by atoms with Gasteiger partial charge in [-0.05, 0) is 59.2 Å². The maximum atomic E-state index is 15.5. The Labute approximate surface area is 168 Å². The van der Waals surface area contributed by atoms with E-state index in [0.29, 0.717) is 22.4 Å². The number of aromatic nitrogens is 1. The molecule has 0 atom stereocenters. The minimum Gasteiger partial charge on any atom is -0.507 e. The highest BCUT2D eigenvalue weighted by Crippen LogP contribution is 2.40. The zero-order chi connectivity index (χ0) is 19.9. The molecule has 2 aromatic heterocycles. The van der Waals surface area contributed by atoms with Crippen molar-refractivity contribution in [3.63, 3.8) is 0 Å². The number of pyridine rings is 1. The Bertz CT molecular complexity index is 1160. The van der Waals surface area contributed by atoms with E-state index in [0.717, 1.165) is 22.1 Å². The molecule has 2 nitrogen and oxygen atoms in total. The summed E-state index contributed by atoms with van der Waals surface area (Å²) in [6.45, 7) is 6.53. The molecule has 0 spiro atoms. The first-order valence-corrected chi connectivity index (χ1v) is 10.1. The van der Waals surface area contributed by atoms with E-state index in [4.69, 9.17) is 0 Å². The summed E-state index contributed by atoms with van der Waals surface area (Å²) in [4.78, 5) is 4.40. The lowest BCUT2D eigenvalue weighted by Gasteiger charge is -2.18. The first kappa shape index (κ1) is 18.6. The molecule has 0 aliphatic carbocycles. The summed E-state index contributed by atoms with van der Waals surface area (Å²) in [6, 6.07) is 14.7. The molecule has 0 aliphatic rings. The number of rotatable bonds is 3. The summed E-state index contributed by atoms with van der Waals surface area (Å²) >= 11 is 1.55. The second-order valence-electron chi connectivity index (χ2n) is 8.25. The van der Waals surface area contributed by atoms with Crippen LogP contribution in [0.2, 0.25) is 0 Å². The average Bonchev–Trinajstić information content (AvgIpc) is 3.11. The molecular formula is C24H22FNOS. The lowest BCUT2D eigenvalue weighted by atomic mass is 9.88. The number of hydrogen-bond acceptors (Lipinski definition) is 3. The van der Waals surface area contributed by atoms with Gasteiger partial charge in [0.2, 0.25) is 0 Å². The summed E-state index contributed by atoms with van der Waals surface area (Å²) < 4.78 is 16.5. The predicted molar refractivity (Wildman–Crippen MR) is 115 cm³/mol. The number of nitrogens with zero attached hydrogens (tertiary/aromatic N) is 1. The first-order valence-electron chi connectivity index (χ1n) is 9.27. The molecule has 28 heavy (non-hydrogen) atoms. The Morgan fingerprint density at radius 3 is 2.57 bits per heavy atom. The van der Waals surface area contributed by atoms with Crippen LogP contribution in [0.4, 0.5) is 4.39 Å². The van der Waals surface area contributed by atoms with Crippen molar-refractivity contribution in [3.05, 3.63) is 71.5 Å². The van der Waals surface area contributed by atoms with Crippen molar-refractivity contribution in [2.24, 2.45) is 5.41 Å². The van der Waals surface area contributed by atoms with Crippen LogP contribution >= 0.6 is 11.3 Å². The number of fused-ring (bicyclic) bond motifs is 1. The van der Waals surface area contributed by atoms with E-state index in [1.54, 1.807) is 35.7 Å². The quantitative estimate of drug-likeness (QED) is 0.405. The zero-order valence-corrected chi connectivity index (χ0v) is 17.0. The number of halogens is 1. The number of aromatic hydroxyl groups is 1. The van der Waals surface area contributed by atoms with E-state index in [2.05, 4.69) is 25.8 Å². The van der Waals surface area contributed by atoms with Crippen LogP contribution in [0.15, 0.2) is 60.1 Å². The SMILES string of the molecule is CC(C)(C)Cc1ccnc(-c2cccc(-c3ccc4sccc4c3O)c2F)c1. The molecule has 142 valence electrons. The van der Waals surface area contributed by atoms with E-state index in [9.17, 15) is 5.11 Å². The van der Waals surface area contributed by atoms with Crippen LogP contribution in [0.25, 0.3) is 32.5 Å². The van der Waals surface area contributed by atoms with E-state index in [1.165, 1.54) is 0 Å². The summed E-state index contributed by atoms with van der Waals surface area (Å²) in [6.07, 6.45) is 2.62. The van der Waals surface area contributed by atoms with Crippen molar-refractivity contribution < 1.29 is 9.50 Å². The van der Waals surface area contributed by atoms with Gasteiger partial charge >= 0.3 is 0 Å². The number of benzene rings is 2. The largest absolute Gasteiger partial charge is 0.507 e. The standard InChI is InChI=1S/C24H22FNOS/c1-24(2,3)14-15-9-11-26-20(13-15)18-6-4-5-16(22(18)25)17-7-8-21-19(23(17)27)10-12-28-21/h4-13,27H,14H2,1-3H3. The van der Waals surface area contributed by atoms with E-state index in [1.807, 2.05) is 35.7 Å². The molecule has 0 fully saturated rings. The van der Waals surface area contributed by atoms with Crippen molar-refractivity contribution >= 4 is 21.4 Å². The Kier molecular flexibility index (Phi) is 4.68. The maximum absolute atomic E-state index is 15.5. The average molecular weight is 392 g/mol. The molecule has 2 aromatic carbocycles. The van der Waals surface area contributed by atoms with Crippen molar-refractivity contribution in [2.45, 2.75) is 27.2 Å². The molecule has 1 N–H and O–H groups in total. The Morgan fingerprint density at radius 1 is 1.00 bits per heavy atom. The molecule has 0 aliphatic heterocycles.